The second-order valence-corrected chi connectivity index (χ2v) is 8.31. The molecule has 6 aromatic rings. The molecule has 2 aromatic heterocycles. The topological polar surface area (TPSA) is 97.8 Å². The Morgan fingerprint density at radius 3 is 1.29 bits per heavy atom. The minimum absolute atomic E-state index is 0.265. The van der Waals surface area contributed by atoms with E-state index in [0.717, 1.165) is 44.8 Å². The van der Waals surface area contributed by atoms with Gasteiger partial charge in [-0.2, -0.15) is 0 Å². The molecule has 0 atom stereocenters. The Labute approximate surface area is 196 Å². The largest absolute Gasteiger partial charge is 0.508 e. The molecule has 0 amide bonds. The van der Waals surface area contributed by atoms with Crippen LogP contribution in [0.25, 0.3) is 44.8 Å². The van der Waals surface area contributed by atoms with Crippen molar-refractivity contribution < 1.29 is 10.2 Å². The standard InChI is InChI=1S/2C14H12N2O/c2*1-9-2-7-12-13(8-9)16-14(15-12)10-3-5-11(17)6-4-10/h2*2-8,17H,1H3,(H,15,16). The second kappa shape index (κ2) is 8.75. The summed E-state index contributed by atoms with van der Waals surface area (Å²) in [5.74, 6) is 2.18. The van der Waals surface area contributed by atoms with Gasteiger partial charge in [-0.1, -0.05) is 12.1 Å². The van der Waals surface area contributed by atoms with Gasteiger partial charge in [0.25, 0.3) is 0 Å². The molecular formula is C28H24N4O2. The average Bonchev–Trinajstić information content (AvgIpc) is 3.44. The maximum Gasteiger partial charge on any atom is 0.138 e. The first-order chi connectivity index (χ1) is 16.4. The number of aromatic nitrogens is 4. The third-order valence-electron chi connectivity index (χ3n) is 5.56. The molecule has 0 aliphatic carbocycles. The van der Waals surface area contributed by atoms with Crippen LogP contribution in [0.4, 0.5) is 0 Å². The number of aromatic hydroxyl groups is 2. The summed E-state index contributed by atoms with van der Waals surface area (Å²) in [4.78, 5) is 15.6. The van der Waals surface area contributed by atoms with E-state index in [-0.39, 0.29) is 11.5 Å². The number of benzene rings is 4. The lowest BCUT2D eigenvalue weighted by molar-refractivity contribution is 0.475. The van der Waals surface area contributed by atoms with Gasteiger partial charge in [0, 0.05) is 11.1 Å². The number of imidazole rings is 2. The van der Waals surface area contributed by atoms with Crippen LogP contribution in [0.5, 0.6) is 11.5 Å². The van der Waals surface area contributed by atoms with Gasteiger partial charge in [0.1, 0.15) is 23.1 Å². The zero-order valence-corrected chi connectivity index (χ0v) is 18.9. The summed E-state index contributed by atoms with van der Waals surface area (Å²) < 4.78 is 0. The van der Waals surface area contributed by atoms with Crippen LogP contribution in [-0.2, 0) is 0 Å². The van der Waals surface area contributed by atoms with Crippen molar-refractivity contribution in [2.24, 2.45) is 0 Å². The SMILES string of the molecule is Cc1ccc2nc(-c3ccc(O)cc3)[nH]c2c1.Cc1ccc2nc(-c3ccc(O)cc3)[nH]c2c1. The molecule has 34 heavy (non-hydrogen) atoms. The number of hydrogen-bond acceptors (Lipinski definition) is 4. The van der Waals surface area contributed by atoms with Crippen LogP contribution in [0, 0.1) is 13.8 Å². The van der Waals surface area contributed by atoms with Crippen LogP contribution in [0.15, 0.2) is 84.9 Å². The Kier molecular flexibility index (Phi) is 5.47. The second-order valence-electron chi connectivity index (χ2n) is 8.31. The molecule has 0 unspecified atom stereocenters. The average molecular weight is 449 g/mol. The van der Waals surface area contributed by atoms with Crippen LogP contribution in [-0.4, -0.2) is 30.1 Å². The fraction of sp³-hybridized carbons (Fsp3) is 0.0714. The number of fused-ring (bicyclic) bond motifs is 2. The number of phenolic OH excluding ortho intramolecular Hbond substituents is 2. The highest BCUT2D eigenvalue weighted by atomic mass is 16.3. The molecule has 0 fully saturated rings. The Hall–Kier alpha value is -4.58. The smallest absolute Gasteiger partial charge is 0.138 e. The molecule has 4 aromatic carbocycles. The normalized spacial score (nSPS) is 10.9. The summed E-state index contributed by atoms with van der Waals surface area (Å²) in [5.41, 5.74) is 8.34. The zero-order chi connectivity index (χ0) is 23.7. The third-order valence-corrected chi connectivity index (χ3v) is 5.56. The van der Waals surface area contributed by atoms with E-state index in [9.17, 15) is 10.2 Å². The molecule has 2 heterocycles. The molecule has 0 radical (unpaired) electrons. The summed E-state index contributed by atoms with van der Waals surface area (Å²) in [7, 11) is 0. The van der Waals surface area contributed by atoms with E-state index in [2.05, 4.69) is 45.9 Å². The molecular weight excluding hydrogens is 424 g/mol. The molecule has 4 N–H and O–H groups in total. The first kappa shape index (κ1) is 21.3. The third kappa shape index (κ3) is 4.47. The fourth-order valence-corrected chi connectivity index (χ4v) is 3.76. The Morgan fingerprint density at radius 1 is 0.529 bits per heavy atom. The summed E-state index contributed by atoms with van der Waals surface area (Å²) >= 11 is 0. The van der Waals surface area contributed by atoms with Crippen molar-refractivity contribution in [2.45, 2.75) is 13.8 Å². The first-order valence-corrected chi connectivity index (χ1v) is 11.0. The lowest BCUT2D eigenvalue weighted by Crippen LogP contribution is -1.78. The number of H-pyrrole nitrogens is 2. The maximum absolute atomic E-state index is 9.25. The first-order valence-electron chi connectivity index (χ1n) is 11.0. The number of aromatic amines is 2. The van der Waals surface area contributed by atoms with Gasteiger partial charge in [0.15, 0.2) is 0 Å². The van der Waals surface area contributed by atoms with Crippen molar-refractivity contribution in [3.63, 3.8) is 0 Å². The van der Waals surface area contributed by atoms with E-state index < -0.39 is 0 Å². The highest BCUT2D eigenvalue weighted by Gasteiger charge is 2.06. The lowest BCUT2D eigenvalue weighted by Gasteiger charge is -1.95. The van der Waals surface area contributed by atoms with E-state index in [1.54, 1.807) is 24.3 Å². The highest BCUT2D eigenvalue weighted by Crippen LogP contribution is 2.24. The van der Waals surface area contributed by atoms with Crippen LogP contribution < -0.4 is 0 Å². The number of rotatable bonds is 2. The van der Waals surface area contributed by atoms with E-state index in [1.165, 1.54) is 11.1 Å². The predicted octanol–water partition coefficient (Wildman–Crippen LogP) is 6.49. The molecule has 0 saturated carbocycles. The van der Waals surface area contributed by atoms with Crippen LogP contribution >= 0.6 is 0 Å². The molecule has 0 saturated heterocycles. The van der Waals surface area contributed by atoms with Crippen molar-refractivity contribution in [3.05, 3.63) is 96.1 Å². The molecule has 6 nitrogen and oxygen atoms in total. The number of phenols is 2. The van der Waals surface area contributed by atoms with Crippen LogP contribution in [0.1, 0.15) is 11.1 Å². The van der Waals surface area contributed by atoms with Crippen molar-refractivity contribution in [1.82, 2.24) is 19.9 Å². The number of aryl methyl sites for hydroxylation is 2. The van der Waals surface area contributed by atoms with Gasteiger partial charge < -0.3 is 20.2 Å². The molecule has 6 heteroatoms. The van der Waals surface area contributed by atoms with Crippen LogP contribution in [0.3, 0.4) is 0 Å². The predicted molar refractivity (Wildman–Crippen MR) is 136 cm³/mol. The Morgan fingerprint density at radius 2 is 0.912 bits per heavy atom. The van der Waals surface area contributed by atoms with Crippen molar-refractivity contribution in [2.75, 3.05) is 0 Å². The quantitative estimate of drug-likeness (QED) is 0.243. The zero-order valence-electron chi connectivity index (χ0n) is 18.9. The Balaban J connectivity index is 0.000000142. The molecule has 6 rings (SSSR count). The van der Waals surface area contributed by atoms with E-state index in [0.29, 0.717) is 0 Å². The van der Waals surface area contributed by atoms with Crippen molar-refractivity contribution >= 4 is 22.1 Å². The lowest BCUT2D eigenvalue weighted by atomic mass is 10.2. The summed E-state index contributed by atoms with van der Waals surface area (Å²) in [5, 5.41) is 18.5. The molecule has 0 bridgehead atoms. The van der Waals surface area contributed by atoms with Gasteiger partial charge in [-0.3, -0.25) is 0 Å². The number of hydrogen-bond donors (Lipinski definition) is 4. The number of nitrogens with zero attached hydrogens (tertiary/aromatic N) is 2. The highest BCUT2D eigenvalue weighted by molar-refractivity contribution is 5.81. The molecule has 168 valence electrons. The summed E-state index contributed by atoms with van der Waals surface area (Å²) in [6, 6.07) is 26.3. The van der Waals surface area contributed by atoms with E-state index in [4.69, 9.17) is 0 Å². The maximum atomic E-state index is 9.25. The van der Waals surface area contributed by atoms with Gasteiger partial charge in [-0.15, -0.1) is 0 Å². The van der Waals surface area contributed by atoms with Crippen molar-refractivity contribution in [1.29, 1.82) is 0 Å². The molecule has 0 spiro atoms. The summed E-state index contributed by atoms with van der Waals surface area (Å²) in [6.07, 6.45) is 0. The Bertz CT molecular complexity index is 1460. The number of nitrogens with one attached hydrogen (secondary N) is 2. The van der Waals surface area contributed by atoms with E-state index in [1.807, 2.05) is 48.5 Å². The fourth-order valence-electron chi connectivity index (χ4n) is 3.76. The van der Waals surface area contributed by atoms with Gasteiger partial charge in [0.2, 0.25) is 0 Å². The summed E-state index contributed by atoms with van der Waals surface area (Å²) in [6.45, 7) is 4.11. The van der Waals surface area contributed by atoms with Gasteiger partial charge >= 0.3 is 0 Å². The van der Waals surface area contributed by atoms with Crippen molar-refractivity contribution in [3.8, 4) is 34.3 Å². The molecule has 0 aliphatic rings. The monoisotopic (exact) mass is 448 g/mol. The van der Waals surface area contributed by atoms with Gasteiger partial charge in [-0.25, -0.2) is 9.97 Å². The molecule has 0 aliphatic heterocycles. The van der Waals surface area contributed by atoms with Gasteiger partial charge in [0.05, 0.1) is 22.1 Å². The minimum atomic E-state index is 0.265. The van der Waals surface area contributed by atoms with Crippen LogP contribution in [0.2, 0.25) is 0 Å². The van der Waals surface area contributed by atoms with E-state index >= 15 is 0 Å². The minimum Gasteiger partial charge on any atom is -0.508 e. The van der Waals surface area contributed by atoms with Gasteiger partial charge in [-0.05, 0) is 97.8 Å².